The normalized spacial score (nSPS) is 11.8. The Kier molecular flexibility index (Phi) is 6.25. The van der Waals surface area contributed by atoms with Crippen molar-refractivity contribution in [2.24, 2.45) is 0 Å². The van der Waals surface area contributed by atoms with E-state index in [4.69, 9.17) is 4.74 Å². The second-order valence-corrected chi connectivity index (χ2v) is 7.95. The molecule has 1 amide bonds. The van der Waals surface area contributed by atoms with Crippen LogP contribution in [0.15, 0.2) is 41.2 Å². The van der Waals surface area contributed by atoms with Gasteiger partial charge in [-0.2, -0.15) is 0 Å². The van der Waals surface area contributed by atoms with E-state index in [1.807, 2.05) is 0 Å². The molecule has 3 aromatic rings. The Labute approximate surface area is 181 Å². The number of rotatable bonds is 4. The van der Waals surface area contributed by atoms with Gasteiger partial charge in [-0.1, -0.05) is 12.1 Å². The first-order valence-corrected chi connectivity index (χ1v) is 9.73. The van der Waals surface area contributed by atoms with Crippen LogP contribution in [0.2, 0.25) is 0 Å². The van der Waals surface area contributed by atoms with Crippen molar-refractivity contribution in [2.45, 2.75) is 39.7 Å². The number of carbonyl (C=O) groups is 1. The van der Waals surface area contributed by atoms with Crippen molar-refractivity contribution in [3.63, 3.8) is 0 Å². The smallest absolute Gasteiger partial charge is 0.417 e. The summed E-state index contributed by atoms with van der Waals surface area (Å²) in [7, 11) is 0. The first-order chi connectivity index (χ1) is 14.9. The second-order valence-electron chi connectivity index (χ2n) is 7.95. The SMILES string of the molecule is CCN(C(=O)OC(C)(C)C)c1nc2c(C(F)F)cccc2c(=O)n1-c1cc(F)cc(F)c1. The molecule has 0 aliphatic carbocycles. The molecule has 0 N–H and O–H groups in total. The molecule has 3 rings (SSSR count). The third-order valence-electron chi connectivity index (χ3n) is 4.42. The van der Waals surface area contributed by atoms with Crippen molar-refractivity contribution < 1.29 is 27.1 Å². The number of benzene rings is 2. The maximum atomic E-state index is 13.9. The molecule has 0 unspecified atom stereocenters. The standard InChI is InChI=1S/C22H21F4N3O3/c1-5-28(21(31)32-22(2,3)4)20-27-17-15(18(25)26)7-6-8-16(17)19(30)29(20)14-10-12(23)9-13(24)11-14/h6-11,18H,5H2,1-4H3. The predicted molar refractivity (Wildman–Crippen MR) is 111 cm³/mol. The van der Waals surface area contributed by atoms with Crippen molar-refractivity contribution in [1.29, 1.82) is 0 Å². The van der Waals surface area contributed by atoms with Gasteiger partial charge in [0.15, 0.2) is 0 Å². The van der Waals surface area contributed by atoms with E-state index >= 15 is 0 Å². The number of halogens is 4. The Balaban J connectivity index is 2.41. The molecule has 10 heteroatoms. The van der Waals surface area contributed by atoms with Crippen LogP contribution in [-0.4, -0.2) is 27.8 Å². The minimum Gasteiger partial charge on any atom is -0.443 e. The fourth-order valence-corrected chi connectivity index (χ4v) is 3.15. The fraction of sp³-hybridized carbons (Fsp3) is 0.318. The van der Waals surface area contributed by atoms with Crippen LogP contribution in [0.25, 0.3) is 16.6 Å². The number of carbonyl (C=O) groups excluding carboxylic acids is 1. The molecule has 6 nitrogen and oxygen atoms in total. The van der Waals surface area contributed by atoms with E-state index in [9.17, 15) is 27.2 Å². The van der Waals surface area contributed by atoms with Gasteiger partial charge < -0.3 is 4.74 Å². The van der Waals surface area contributed by atoms with E-state index < -0.39 is 46.8 Å². The molecule has 2 aromatic carbocycles. The maximum Gasteiger partial charge on any atom is 0.417 e. The highest BCUT2D eigenvalue weighted by Gasteiger charge is 2.28. The van der Waals surface area contributed by atoms with Crippen molar-refractivity contribution in [2.75, 3.05) is 11.4 Å². The van der Waals surface area contributed by atoms with Gasteiger partial charge in [-0.05, 0) is 45.9 Å². The number of anilines is 1. The van der Waals surface area contributed by atoms with Crippen LogP contribution >= 0.6 is 0 Å². The zero-order chi connectivity index (χ0) is 23.8. The topological polar surface area (TPSA) is 64.4 Å². The molecule has 0 saturated carbocycles. The van der Waals surface area contributed by atoms with Gasteiger partial charge in [0.25, 0.3) is 12.0 Å². The summed E-state index contributed by atoms with van der Waals surface area (Å²) in [6.07, 6.45) is -3.86. The maximum absolute atomic E-state index is 13.9. The van der Waals surface area contributed by atoms with Crippen LogP contribution in [0.1, 0.15) is 39.7 Å². The van der Waals surface area contributed by atoms with Gasteiger partial charge >= 0.3 is 6.09 Å². The molecule has 0 aliphatic rings. The first kappa shape index (κ1) is 23.2. The summed E-state index contributed by atoms with van der Waals surface area (Å²) in [6, 6.07) is 6.01. The summed E-state index contributed by atoms with van der Waals surface area (Å²) in [5.41, 5.74) is -2.89. The lowest BCUT2D eigenvalue weighted by Crippen LogP contribution is -2.40. The van der Waals surface area contributed by atoms with Crippen molar-refractivity contribution in [3.8, 4) is 5.69 Å². The van der Waals surface area contributed by atoms with Crippen LogP contribution in [0, 0.1) is 11.6 Å². The highest BCUT2D eigenvalue weighted by atomic mass is 19.3. The van der Waals surface area contributed by atoms with E-state index in [1.54, 1.807) is 27.7 Å². The Morgan fingerprint density at radius 3 is 2.31 bits per heavy atom. The van der Waals surface area contributed by atoms with Gasteiger partial charge in [0, 0.05) is 18.2 Å². The molecule has 0 radical (unpaired) electrons. The molecule has 32 heavy (non-hydrogen) atoms. The number of nitrogens with zero attached hydrogens (tertiary/aromatic N) is 3. The van der Waals surface area contributed by atoms with Crippen LogP contribution in [0.5, 0.6) is 0 Å². The van der Waals surface area contributed by atoms with Crippen molar-refractivity contribution in [1.82, 2.24) is 9.55 Å². The van der Waals surface area contributed by atoms with Crippen molar-refractivity contribution in [3.05, 3.63) is 63.9 Å². The number of amides is 1. The largest absolute Gasteiger partial charge is 0.443 e. The summed E-state index contributed by atoms with van der Waals surface area (Å²) in [5, 5.41) is -0.198. The highest BCUT2D eigenvalue weighted by Crippen LogP contribution is 2.28. The van der Waals surface area contributed by atoms with E-state index in [2.05, 4.69) is 4.98 Å². The highest BCUT2D eigenvalue weighted by molar-refractivity contribution is 5.89. The fourth-order valence-electron chi connectivity index (χ4n) is 3.15. The molecule has 1 aromatic heterocycles. The van der Waals surface area contributed by atoms with Crippen LogP contribution in [0.4, 0.5) is 28.3 Å². The monoisotopic (exact) mass is 451 g/mol. The molecular formula is C22H21F4N3O3. The number of aromatic nitrogens is 2. The third-order valence-corrected chi connectivity index (χ3v) is 4.42. The van der Waals surface area contributed by atoms with Gasteiger partial charge in [-0.3, -0.25) is 4.79 Å². The molecule has 0 bridgehead atoms. The minimum atomic E-state index is -2.95. The average molecular weight is 451 g/mol. The van der Waals surface area contributed by atoms with E-state index in [-0.39, 0.29) is 23.1 Å². The van der Waals surface area contributed by atoms with Gasteiger partial charge in [0.1, 0.15) is 17.2 Å². The number of hydrogen-bond acceptors (Lipinski definition) is 4. The second kappa shape index (κ2) is 8.60. The predicted octanol–water partition coefficient (Wildman–Crippen LogP) is 5.36. The van der Waals surface area contributed by atoms with E-state index in [0.29, 0.717) is 6.07 Å². The Hall–Kier alpha value is -3.43. The Morgan fingerprint density at radius 1 is 1.16 bits per heavy atom. The summed E-state index contributed by atoms with van der Waals surface area (Å²) >= 11 is 0. The molecule has 0 fully saturated rings. The number of fused-ring (bicyclic) bond motifs is 1. The molecule has 170 valence electrons. The molecule has 0 atom stereocenters. The summed E-state index contributed by atoms with van der Waals surface area (Å²) in [5.74, 6) is -2.35. The zero-order valence-corrected chi connectivity index (χ0v) is 17.8. The van der Waals surface area contributed by atoms with E-state index in [1.165, 1.54) is 12.1 Å². The summed E-state index contributed by atoms with van der Waals surface area (Å²) < 4.78 is 61.2. The minimum absolute atomic E-state index is 0.0680. The van der Waals surface area contributed by atoms with Gasteiger partial charge in [0.05, 0.1) is 16.6 Å². The number of ether oxygens (including phenoxy) is 1. The third kappa shape index (κ3) is 4.58. The number of para-hydroxylation sites is 1. The molecule has 0 aliphatic heterocycles. The Bertz CT molecular complexity index is 1220. The number of hydrogen-bond donors (Lipinski definition) is 0. The van der Waals surface area contributed by atoms with Crippen LogP contribution in [0.3, 0.4) is 0 Å². The lowest BCUT2D eigenvalue weighted by atomic mass is 10.1. The lowest BCUT2D eigenvalue weighted by molar-refractivity contribution is 0.0579. The average Bonchev–Trinajstić information content (AvgIpc) is 2.66. The lowest BCUT2D eigenvalue weighted by Gasteiger charge is -2.27. The van der Waals surface area contributed by atoms with Crippen molar-refractivity contribution >= 4 is 22.9 Å². The quantitative estimate of drug-likeness (QED) is 0.501. The first-order valence-electron chi connectivity index (χ1n) is 9.73. The van der Waals surface area contributed by atoms with E-state index in [0.717, 1.165) is 27.7 Å². The Morgan fingerprint density at radius 2 is 1.78 bits per heavy atom. The zero-order valence-electron chi connectivity index (χ0n) is 17.8. The molecule has 1 heterocycles. The van der Waals surface area contributed by atoms with Gasteiger partial charge in [-0.15, -0.1) is 0 Å². The summed E-state index contributed by atoms with van der Waals surface area (Å²) in [6.45, 7) is 6.35. The van der Waals surface area contributed by atoms with Crippen LogP contribution < -0.4 is 10.5 Å². The van der Waals surface area contributed by atoms with Gasteiger partial charge in [-0.25, -0.2) is 36.8 Å². The number of alkyl halides is 2. The molecule has 0 saturated heterocycles. The molecular weight excluding hydrogens is 430 g/mol. The molecule has 0 spiro atoms. The van der Waals surface area contributed by atoms with Crippen LogP contribution in [-0.2, 0) is 4.74 Å². The van der Waals surface area contributed by atoms with Gasteiger partial charge in [0.2, 0.25) is 5.95 Å². The summed E-state index contributed by atoms with van der Waals surface area (Å²) in [4.78, 5) is 31.3.